The molecule has 2 aromatic rings. The number of benzene rings is 1. The van der Waals surface area contributed by atoms with E-state index in [0.717, 1.165) is 12.5 Å². The van der Waals surface area contributed by atoms with Gasteiger partial charge in [-0.05, 0) is 38.2 Å². The van der Waals surface area contributed by atoms with Gasteiger partial charge in [-0.3, -0.25) is 0 Å². The van der Waals surface area contributed by atoms with Gasteiger partial charge in [0, 0.05) is 24.8 Å². The summed E-state index contributed by atoms with van der Waals surface area (Å²) in [5.41, 5.74) is 2.67. The van der Waals surface area contributed by atoms with E-state index in [1.807, 2.05) is 12.5 Å². The number of aromatic nitrogens is 2. The Hall–Kier alpha value is -1.61. The molecule has 0 aliphatic heterocycles. The Morgan fingerprint density at radius 2 is 2.00 bits per heavy atom. The SMILES string of the molecule is CC(C)n1cncc1CNC(c1ccccc1)C1CC1. The molecule has 1 heterocycles. The summed E-state index contributed by atoms with van der Waals surface area (Å²) in [6.45, 7) is 5.27. The molecule has 1 aromatic heterocycles. The Balaban J connectivity index is 1.70. The van der Waals surface area contributed by atoms with Crippen molar-refractivity contribution in [1.82, 2.24) is 14.9 Å². The largest absolute Gasteiger partial charge is 0.331 e. The van der Waals surface area contributed by atoms with Crippen molar-refractivity contribution in [2.45, 2.75) is 45.3 Å². The van der Waals surface area contributed by atoms with Crippen LogP contribution < -0.4 is 5.32 Å². The fraction of sp³-hybridized carbons (Fsp3) is 0.471. The molecule has 106 valence electrons. The van der Waals surface area contributed by atoms with Gasteiger partial charge in [-0.15, -0.1) is 0 Å². The Labute approximate surface area is 121 Å². The smallest absolute Gasteiger partial charge is 0.0951 e. The van der Waals surface area contributed by atoms with Crippen molar-refractivity contribution in [3.05, 3.63) is 54.1 Å². The highest BCUT2D eigenvalue weighted by molar-refractivity contribution is 5.21. The van der Waals surface area contributed by atoms with Crippen LogP contribution in [0.25, 0.3) is 0 Å². The van der Waals surface area contributed by atoms with Gasteiger partial charge in [0.15, 0.2) is 0 Å². The lowest BCUT2D eigenvalue weighted by atomic mass is 10.0. The topological polar surface area (TPSA) is 29.9 Å². The minimum atomic E-state index is 0.463. The van der Waals surface area contributed by atoms with Crippen LogP contribution in [0.2, 0.25) is 0 Å². The van der Waals surface area contributed by atoms with Crippen LogP contribution in [0.1, 0.15) is 50.0 Å². The minimum Gasteiger partial charge on any atom is -0.331 e. The first-order chi connectivity index (χ1) is 9.75. The molecule has 1 N–H and O–H groups in total. The summed E-state index contributed by atoms with van der Waals surface area (Å²) >= 11 is 0. The van der Waals surface area contributed by atoms with E-state index in [9.17, 15) is 0 Å². The number of rotatable bonds is 6. The van der Waals surface area contributed by atoms with Crippen LogP contribution >= 0.6 is 0 Å². The molecule has 0 saturated heterocycles. The van der Waals surface area contributed by atoms with Gasteiger partial charge in [-0.2, -0.15) is 0 Å². The van der Waals surface area contributed by atoms with Gasteiger partial charge < -0.3 is 9.88 Å². The van der Waals surface area contributed by atoms with E-state index in [0.29, 0.717) is 12.1 Å². The second-order valence-corrected chi connectivity index (χ2v) is 5.99. The first kappa shape index (κ1) is 13.4. The molecule has 1 fully saturated rings. The van der Waals surface area contributed by atoms with Gasteiger partial charge in [0.2, 0.25) is 0 Å². The van der Waals surface area contributed by atoms with E-state index < -0.39 is 0 Å². The summed E-state index contributed by atoms with van der Waals surface area (Å²) in [4.78, 5) is 4.28. The normalized spacial score (nSPS) is 16.6. The van der Waals surface area contributed by atoms with Crippen LogP contribution in [0.15, 0.2) is 42.9 Å². The highest BCUT2D eigenvalue weighted by Gasteiger charge is 2.31. The maximum absolute atomic E-state index is 4.28. The molecule has 3 heteroatoms. The maximum atomic E-state index is 4.28. The molecule has 3 nitrogen and oxygen atoms in total. The lowest BCUT2D eigenvalue weighted by Gasteiger charge is -2.20. The monoisotopic (exact) mass is 269 g/mol. The molecular weight excluding hydrogens is 246 g/mol. The molecule has 0 bridgehead atoms. The van der Waals surface area contributed by atoms with Gasteiger partial charge in [-0.1, -0.05) is 30.3 Å². The summed E-state index contributed by atoms with van der Waals surface area (Å²) in [5.74, 6) is 0.799. The highest BCUT2D eigenvalue weighted by atomic mass is 15.1. The third-order valence-electron chi connectivity index (χ3n) is 4.06. The van der Waals surface area contributed by atoms with Gasteiger partial charge in [-0.25, -0.2) is 4.98 Å². The lowest BCUT2D eigenvalue weighted by molar-refractivity contribution is 0.460. The van der Waals surface area contributed by atoms with Crippen LogP contribution in [0.3, 0.4) is 0 Å². The first-order valence-corrected chi connectivity index (χ1v) is 7.54. The Bertz CT molecular complexity index is 540. The standard InChI is InChI=1S/C17H23N3/c1-13(2)20-12-18-10-16(20)11-19-17(15-8-9-15)14-6-4-3-5-7-14/h3-7,10,12-13,15,17,19H,8-9,11H2,1-2H3. The Morgan fingerprint density at radius 1 is 1.25 bits per heavy atom. The lowest BCUT2D eigenvalue weighted by Crippen LogP contribution is -2.24. The van der Waals surface area contributed by atoms with Gasteiger partial charge in [0.25, 0.3) is 0 Å². The molecule has 0 amide bonds. The number of imidazole rings is 1. The molecular formula is C17H23N3. The highest BCUT2D eigenvalue weighted by Crippen LogP contribution is 2.41. The van der Waals surface area contributed by atoms with E-state index in [4.69, 9.17) is 0 Å². The summed E-state index contributed by atoms with van der Waals surface area (Å²) in [6.07, 6.45) is 6.59. The van der Waals surface area contributed by atoms with Gasteiger partial charge >= 0.3 is 0 Å². The minimum absolute atomic E-state index is 0.463. The average molecular weight is 269 g/mol. The van der Waals surface area contributed by atoms with Crippen molar-refractivity contribution in [3.8, 4) is 0 Å². The second-order valence-electron chi connectivity index (χ2n) is 5.99. The van der Waals surface area contributed by atoms with Crippen LogP contribution in [0.4, 0.5) is 0 Å². The van der Waals surface area contributed by atoms with Crippen LogP contribution in [-0.2, 0) is 6.54 Å². The quantitative estimate of drug-likeness (QED) is 0.866. The van der Waals surface area contributed by atoms with Crippen molar-refractivity contribution < 1.29 is 0 Å². The molecule has 1 unspecified atom stereocenters. The van der Waals surface area contributed by atoms with Gasteiger partial charge in [0.1, 0.15) is 0 Å². The van der Waals surface area contributed by atoms with E-state index in [-0.39, 0.29) is 0 Å². The molecule has 1 aliphatic rings. The molecule has 1 aromatic carbocycles. The zero-order chi connectivity index (χ0) is 13.9. The summed E-state index contributed by atoms with van der Waals surface area (Å²) in [5, 5.41) is 3.73. The first-order valence-electron chi connectivity index (χ1n) is 7.54. The van der Waals surface area contributed by atoms with Crippen LogP contribution in [0, 0.1) is 5.92 Å². The van der Waals surface area contributed by atoms with Crippen molar-refractivity contribution >= 4 is 0 Å². The van der Waals surface area contributed by atoms with Crippen molar-refractivity contribution in [1.29, 1.82) is 0 Å². The number of hydrogen-bond acceptors (Lipinski definition) is 2. The van der Waals surface area contributed by atoms with Crippen molar-refractivity contribution in [3.63, 3.8) is 0 Å². The second kappa shape index (κ2) is 5.80. The van der Waals surface area contributed by atoms with E-state index in [2.05, 4.69) is 59.0 Å². The summed E-state index contributed by atoms with van der Waals surface area (Å²) in [6, 6.07) is 11.7. The number of nitrogens with one attached hydrogen (secondary N) is 1. The fourth-order valence-electron chi connectivity index (χ4n) is 2.80. The zero-order valence-corrected chi connectivity index (χ0v) is 12.3. The third-order valence-corrected chi connectivity index (χ3v) is 4.06. The Morgan fingerprint density at radius 3 is 2.65 bits per heavy atom. The average Bonchev–Trinajstić information content (AvgIpc) is 3.17. The van der Waals surface area contributed by atoms with Crippen LogP contribution in [0.5, 0.6) is 0 Å². The Kier molecular flexibility index (Phi) is 3.88. The molecule has 0 spiro atoms. The van der Waals surface area contributed by atoms with Crippen molar-refractivity contribution in [2.75, 3.05) is 0 Å². The predicted octanol–water partition coefficient (Wildman–Crippen LogP) is 3.70. The van der Waals surface area contributed by atoms with E-state index >= 15 is 0 Å². The van der Waals surface area contributed by atoms with E-state index in [1.165, 1.54) is 24.1 Å². The van der Waals surface area contributed by atoms with Crippen LogP contribution in [-0.4, -0.2) is 9.55 Å². The predicted molar refractivity (Wildman–Crippen MR) is 81.4 cm³/mol. The summed E-state index contributed by atoms with van der Waals surface area (Å²) < 4.78 is 2.24. The molecule has 1 atom stereocenters. The third kappa shape index (κ3) is 2.93. The fourth-order valence-corrected chi connectivity index (χ4v) is 2.80. The molecule has 1 saturated carbocycles. The van der Waals surface area contributed by atoms with Crippen molar-refractivity contribution in [2.24, 2.45) is 5.92 Å². The number of nitrogens with zero attached hydrogens (tertiary/aromatic N) is 2. The maximum Gasteiger partial charge on any atom is 0.0951 e. The van der Waals surface area contributed by atoms with E-state index in [1.54, 1.807) is 0 Å². The molecule has 20 heavy (non-hydrogen) atoms. The summed E-state index contributed by atoms with van der Waals surface area (Å²) in [7, 11) is 0. The molecule has 3 rings (SSSR count). The molecule has 0 radical (unpaired) electrons. The molecule has 1 aliphatic carbocycles. The zero-order valence-electron chi connectivity index (χ0n) is 12.3. The van der Waals surface area contributed by atoms with Gasteiger partial charge in [0.05, 0.1) is 12.0 Å². The number of hydrogen-bond donors (Lipinski definition) is 1.